The molecule has 2 aromatic heterocycles. The summed E-state index contributed by atoms with van der Waals surface area (Å²) in [6, 6.07) is 19.2. The van der Waals surface area contributed by atoms with Gasteiger partial charge in [0.05, 0.1) is 33.8 Å². The molecule has 7 nitrogen and oxygen atoms in total. The summed E-state index contributed by atoms with van der Waals surface area (Å²) in [4.78, 5) is 33.9. The van der Waals surface area contributed by atoms with Crippen LogP contribution in [0.4, 0.5) is 5.13 Å². The lowest BCUT2D eigenvalue weighted by Crippen LogP contribution is -2.29. The van der Waals surface area contributed by atoms with Gasteiger partial charge in [-0.3, -0.25) is 14.5 Å². The number of fused-ring (bicyclic) bond motifs is 3. The van der Waals surface area contributed by atoms with Crippen molar-refractivity contribution in [3.8, 4) is 11.5 Å². The Balaban J connectivity index is 1.53. The van der Waals surface area contributed by atoms with Crippen molar-refractivity contribution in [1.82, 2.24) is 4.98 Å². The molecule has 1 aliphatic rings. The fourth-order valence-electron chi connectivity index (χ4n) is 4.59. The van der Waals surface area contributed by atoms with Crippen LogP contribution in [0.3, 0.4) is 0 Å². The molecule has 184 valence electrons. The van der Waals surface area contributed by atoms with E-state index >= 15 is 0 Å². The first-order valence-electron chi connectivity index (χ1n) is 11.9. The van der Waals surface area contributed by atoms with Gasteiger partial charge < -0.3 is 13.9 Å². The van der Waals surface area contributed by atoms with Crippen LogP contribution in [0.15, 0.2) is 88.6 Å². The number of thiazole rings is 1. The fraction of sp³-hybridized carbons (Fsp3) is 0.138. The summed E-state index contributed by atoms with van der Waals surface area (Å²) >= 11 is 1.37. The van der Waals surface area contributed by atoms with Crippen molar-refractivity contribution in [2.45, 2.75) is 13.0 Å². The maximum atomic E-state index is 13.8. The van der Waals surface area contributed by atoms with Gasteiger partial charge in [0.2, 0.25) is 5.76 Å². The SMILES string of the molecule is C=CCOc1ccc([C@H]2c3c(oc4ccccc4c3=O)C(=O)N2c2nc3ccc(OCC)cc3s2)cc1. The third-order valence-electron chi connectivity index (χ3n) is 6.21. The van der Waals surface area contributed by atoms with Gasteiger partial charge in [0, 0.05) is 0 Å². The number of aromatic nitrogens is 1. The van der Waals surface area contributed by atoms with E-state index in [0.717, 1.165) is 21.5 Å². The molecule has 3 heterocycles. The van der Waals surface area contributed by atoms with E-state index in [2.05, 4.69) is 6.58 Å². The molecule has 1 amide bonds. The molecular weight excluding hydrogens is 488 g/mol. The number of nitrogens with zero attached hydrogens (tertiary/aromatic N) is 2. The van der Waals surface area contributed by atoms with Crippen molar-refractivity contribution >= 4 is 43.6 Å². The van der Waals surface area contributed by atoms with E-state index in [4.69, 9.17) is 18.9 Å². The molecule has 0 saturated carbocycles. The zero-order chi connectivity index (χ0) is 25.5. The summed E-state index contributed by atoms with van der Waals surface area (Å²) in [6.07, 6.45) is 1.67. The fourth-order valence-corrected chi connectivity index (χ4v) is 5.61. The highest BCUT2D eigenvalue weighted by Gasteiger charge is 2.45. The Morgan fingerprint density at radius 2 is 1.84 bits per heavy atom. The van der Waals surface area contributed by atoms with Crippen LogP contribution in [0.2, 0.25) is 0 Å². The Labute approximate surface area is 216 Å². The van der Waals surface area contributed by atoms with Crippen LogP contribution in [-0.4, -0.2) is 24.1 Å². The van der Waals surface area contributed by atoms with Gasteiger partial charge in [0.25, 0.3) is 5.91 Å². The monoisotopic (exact) mass is 510 g/mol. The van der Waals surface area contributed by atoms with E-state index < -0.39 is 11.9 Å². The molecule has 5 aromatic rings. The molecule has 0 unspecified atom stereocenters. The van der Waals surface area contributed by atoms with Gasteiger partial charge in [0.15, 0.2) is 10.6 Å². The molecule has 0 bridgehead atoms. The van der Waals surface area contributed by atoms with Crippen molar-refractivity contribution in [3.63, 3.8) is 0 Å². The molecule has 0 radical (unpaired) electrons. The standard InChI is InChI=1S/C29H22N2O5S/c1-3-15-35-18-11-9-17(10-12-18)25-24-26(32)20-7-5-6-8-22(20)36-27(24)28(33)31(25)29-30-21-14-13-19(34-4-2)16-23(21)37-29/h3,5-14,16,25H,1,4,15H2,2H3/t25-/m0/s1. The van der Waals surface area contributed by atoms with Gasteiger partial charge in [-0.1, -0.05) is 48.3 Å². The first-order valence-corrected chi connectivity index (χ1v) is 12.7. The number of para-hydroxylation sites is 1. The topological polar surface area (TPSA) is 81.9 Å². The third-order valence-corrected chi connectivity index (χ3v) is 7.22. The van der Waals surface area contributed by atoms with E-state index in [-0.39, 0.29) is 11.2 Å². The van der Waals surface area contributed by atoms with Crippen LogP contribution in [0.5, 0.6) is 11.5 Å². The molecule has 0 N–H and O–H groups in total. The highest BCUT2D eigenvalue weighted by molar-refractivity contribution is 7.22. The molecule has 1 atom stereocenters. The third kappa shape index (κ3) is 3.86. The van der Waals surface area contributed by atoms with Crippen LogP contribution >= 0.6 is 11.3 Å². The van der Waals surface area contributed by atoms with E-state index in [1.165, 1.54) is 11.3 Å². The second kappa shape index (κ2) is 9.22. The van der Waals surface area contributed by atoms with E-state index in [1.807, 2.05) is 49.4 Å². The molecule has 0 spiro atoms. The smallest absolute Gasteiger partial charge is 0.297 e. The molecule has 8 heteroatoms. The second-order valence-electron chi connectivity index (χ2n) is 8.48. The molecule has 1 aliphatic heterocycles. The Morgan fingerprint density at radius 1 is 1.05 bits per heavy atom. The summed E-state index contributed by atoms with van der Waals surface area (Å²) < 4.78 is 18.2. The van der Waals surface area contributed by atoms with Gasteiger partial charge in [-0.2, -0.15) is 0 Å². The predicted molar refractivity (Wildman–Crippen MR) is 144 cm³/mol. The number of carbonyl (C=O) groups excluding carboxylic acids is 1. The number of hydrogen-bond donors (Lipinski definition) is 0. The first kappa shape index (κ1) is 23.0. The van der Waals surface area contributed by atoms with E-state index in [0.29, 0.717) is 40.6 Å². The molecule has 0 aliphatic carbocycles. The quantitative estimate of drug-likeness (QED) is 0.246. The predicted octanol–water partition coefficient (Wildman–Crippen LogP) is 6.12. The normalized spacial score (nSPS) is 14.8. The van der Waals surface area contributed by atoms with Crippen LogP contribution in [0, 0.1) is 0 Å². The van der Waals surface area contributed by atoms with Crippen LogP contribution in [0.1, 0.15) is 34.6 Å². The molecule has 6 rings (SSSR count). The second-order valence-corrected chi connectivity index (χ2v) is 9.48. The number of benzene rings is 3. The number of rotatable bonds is 7. The molecule has 0 fully saturated rings. The van der Waals surface area contributed by atoms with Crippen LogP contribution in [-0.2, 0) is 0 Å². The van der Waals surface area contributed by atoms with Crippen molar-refractivity contribution in [2.24, 2.45) is 0 Å². The maximum absolute atomic E-state index is 13.8. The largest absolute Gasteiger partial charge is 0.494 e. The minimum absolute atomic E-state index is 0.0370. The average Bonchev–Trinajstić information content (AvgIpc) is 3.46. The van der Waals surface area contributed by atoms with Crippen LogP contribution in [0.25, 0.3) is 21.2 Å². The minimum Gasteiger partial charge on any atom is -0.494 e. The Morgan fingerprint density at radius 3 is 2.62 bits per heavy atom. The van der Waals surface area contributed by atoms with Crippen molar-refractivity contribution in [3.05, 3.63) is 106 Å². The van der Waals surface area contributed by atoms with Gasteiger partial charge in [-0.15, -0.1) is 0 Å². The Kier molecular flexibility index (Phi) is 5.73. The molecule has 3 aromatic carbocycles. The maximum Gasteiger partial charge on any atom is 0.297 e. The average molecular weight is 511 g/mol. The zero-order valence-corrected chi connectivity index (χ0v) is 20.8. The molecule has 0 saturated heterocycles. The summed E-state index contributed by atoms with van der Waals surface area (Å²) in [5, 5.41) is 0.901. The number of amides is 1. The zero-order valence-electron chi connectivity index (χ0n) is 20.0. The molecular formula is C29H22N2O5S. The van der Waals surface area contributed by atoms with Crippen molar-refractivity contribution < 1.29 is 18.7 Å². The van der Waals surface area contributed by atoms with E-state index in [1.54, 1.807) is 35.2 Å². The highest BCUT2D eigenvalue weighted by Crippen LogP contribution is 2.44. The van der Waals surface area contributed by atoms with Gasteiger partial charge in [-0.05, 0) is 55.0 Å². The summed E-state index contributed by atoms with van der Waals surface area (Å²) in [7, 11) is 0. The first-order chi connectivity index (χ1) is 18.1. The summed E-state index contributed by atoms with van der Waals surface area (Å²) in [5.74, 6) is 1.03. The lowest BCUT2D eigenvalue weighted by Gasteiger charge is -2.22. The number of carbonyl (C=O) groups is 1. The number of hydrogen-bond acceptors (Lipinski definition) is 7. The summed E-state index contributed by atoms with van der Waals surface area (Å²) in [5.41, 5.74) is 1.93. The van der Waals surface area contributed by atoms with Crippen molar-refractivity contribution in [1.29, 1.82) is 0 Å². The lowest BCUT2D eigenvalue weighted by molar-refractivity contribution is 0.0971. The van der Waals surface area contributed by atoms with Gasteiger partial charge in [0.1, 0.15) is 23.7 Å². The lowest BCUT2D eigenvalue weighted by atomic mass is 9.98. The van der Waals surface area contributed by atoms with Crippen LogP contribution < -0.4 is 19.8 Å². The van der Waals surface area contributed by atoms with Gasteiger partial charge in [-0.25, -0.2) is 4.98 Å². The van der Waals surface area contributed by atoms with E-state index in [9.17, 15) is 9.59 Å². The van der Waals surface area contributed by atoms with Crippen molar-refractivity contribution in [2.75, 3.05) is 18.1 Å². The molecule has 37 heavy (non-hydrogen) atoms. The van der Waals surface area contributed by atoms with Gasteiger partial charge >= 0.3 is 0 Å². The Bertz CT molecular complexity index is 1720. The summed E-state index contributed by atoms with van der Waals surface area (Å²) in [6.45, 7) is 6.52. The Hall–Kier alpha value is -4.43. The number of anilines is 1. The minimum atomic E-state index is -0.705. The highest BCUT2D eigenvalue weighted by atomic mass is 32.1. The number of ether oxygens (including phenoxy) is 2.